The van der Waals surface area contributed by atoms with Crippen molar-refractivity contribution in [1.82, 2.24) is 10.6 Å². The molecule has 0 heterocycles. The van der Waals surface area contributed by atoms with E-state index in [0.717, 1.165) is 5.56 Å². The second-order valence-corrected chi connectivity index (χ2v) is 6.88. The SMILES string of the molecule is COc1ccc(CCNC(=O)c2cccc(C(=O)NCC(C)C)c2)cc1OC. The summed E-state index contributed by atoms with van der Waals surface area (Å²) in [7, 11) is 3.18. The second kappa shape index (κ2) is 10.3. The van der Waals surface area contributed by atoms with Crippen LogP contribution in [-0.2, 0) is 6.42 Å². The number of nitrogens with one attached hydrogen (secondary N) is 2. The topological polar surface area (TPSA) is 76.7 Å². The Balaban J connectivity index is 1.93. The standard InChI is InChI=1S/C22H28N2O4/c1-15(2)14-24-22(26)18-7-5-6-17(13-18)21(25)23-11-10-16-8-9-19(27-3)20(12-16)28-4/h5-9,12-13,15H,10-11,14H2,1-4H3,(H,23,25)(H,24,26). The van der Waals surface area contributed by atoms with E-state index in [-0.39, 0.29) is 11.8 Å². The first-order valence-corrected chi connectivity index (χ1v) is 9.32. The van der Waals surface area contributed by atoms with Crippen molar-refractivity contribution in [2.75, 3.05) is 27.3 Å². The molecular weight excluding hydrogens is 356 g/mol. The van der Waals surface area contributed by atoms with Gasteiger partial charge in [0.1, 0.15) is 0 Å². The molecule has 0 bridgehead atoms. The quantitative estimate of drug-likeness (QED) is 0.697. The maximum absolute atomic E-state index is 12.4. The van der Waals surface area contributed by atoms with E-state index in [1.165, 1.54) is 0 Å². The van der Waals surface area contributed by atoms with Gasteiger partial charge in [-0.05, 0) is 48.2 Å². The second-order valence-electron chi connectivity index (χ2n) is 6.88. The van der Waals surface area contributed by atoms with E-state index in [1.54, 1.807) is 38.5 Å². The fourth-order valence-electron chi connectivity index (χ4n) is 2.66. The van der Waals surface area contributed by atoms with Crippen LogP contribution in [0.1, 0.15) is 40.1 Å². The Morgan fingerprint density at radius 1 is 0.893 bits per heavy atom. The molecule has 0 radical (unpaired) electrons. The normalized spacial score (nSPS) is 10.5. The smallest absolute Gasteiger partial charge is 0.251 e. The summed E-state index contributed by atoms with van der Waals surface area (Å²) in [6.45, 7) is 5.13. The van der Waals surface area contributed by atoms with Gasteiger partial charge >= 0.3 is 0 Å². The molecule has 2 N–H and O–H groups in total. The van der Waals surface area contributed by atoms with Crippen LogP contribution in [0.5, 0.6) is 11.5 Å². The van der Waals surface area contributed by atoms with Crippen LogP contribution >= 0.6 is 0 Å². The van der Waals surface area contributed by atoms with Crippen LogP contribution < -0.4 is 20.1 Å². The maximum atomic E-state index is 12.4. The van der Waals surface area contributed by atoms with Gasteiger partial charge in [-0.2, -0.15) is 0 Å². The zero-order valence-electron chi connectivity index (χ0n) is 16.9. The number of amides is 2. The third kappa shape index (κ3) is 6.01. The molecule has 6 nitrogen and oxygen atoms in total. The molecule has 0 atom stereocenters. The molecule has 0 aliphatic rings. The monoisotopic (exact) mass is 384 g/mol. The van der Waals surface area contributed by atoms with Gasteiger partial charge < -0.3 is 20.1 Å². The van der Waals surface area contributed by atoms with Gasteiger partial charge in [-0.25, -0.2) is 0 Å². The third-order valence-corrected chi connectivity index (χ3v) is 4.20. The summed E-state index contributed by atoms with van der Waals surface area (Å²) in [6.07, 6.45) is 0.653. The van der Waals surface area contributed by atoms with E-state index in [1.807, 2.05) is 32.0 Å². The molecule has 2 aromatic carbocycles. The summed E-state index contributed by atoms with van der Waals surface area (Å²) in [6, 6.07) is 12.4. The minimum Gasteiger partial charge on any atom is -0.493 e. The average molecular weight is 384 g/mol. The Labute approximate surface area is 166 Å². The molecule has 2 amide bonds. The van der Waals surface area contributed by atoms with Gasteiger partial charge in [0.25, 0.3) is 11.8 Å². The van der Waals surface area contributed by atoms with Crippen LogP contribution in [0.4, 0.5) is 0 Å². The molecule has 0 spiro atoms. The van der Waals surface area contributed by atoms with Crippen molar-refractivity contribution in [2.24, 2.45) is 5.92 Å². The van der Waals surface area contributed by atoms with Crippen LogP contribution in [0, 0.1) is 5.92 Å². The van der Waals surface area contributed by atoms with Crippen molar-refractivity contribution in [1.29, 1.82) is 0 Å². The van der Waals surface area contributed by atoms with Gasteiger partial charge in [-0.15, -0.1) is 0 Å². The number of ether oxygens (including phenoxy) is 2. The highest BCUT2D eigenvalue weighted by molar-refractivity contribution is 5.99. The van der Waals surface area contributed by atoms with E-state index < -0.39 is 0 Å². The van der Waals surface area contributed by atoms with Gasteiger partial charge in [0.15, 0.2) is 11.5 Å². The van der Waals surface area contributed by atoms with E-state index in [4.69, 9.17) is 9.47 Å². The van der Waals surface area contributed by atoms with Crippen LogP contribution in [0.2, 0.25) is 0 Å². The first-order valence-electron chi connectivity index (χ1n) is 9.32. The van der Waals surface area contributed by atoms with Crippen molar-refractivity contribution in [3.63, 3.8) is 0 Å². The number of hydrogen-bond acceptors (Lipinski definition) is 4. The molecule has 28 heavy (non-hydrogen) atoms. The zero-order valence-corrected chi connectivity index (χ0v) is 16.9. The number of methoxy groups -OCH3 is 2. The van der Waals surface area contributed by atoms with Crippen LogP contribution in [0.15, 0.2) is 42.5 Å². The van der Waals surface area contributed by atoms with E-state index in [2.05, 4.69) is 10.6 Å². The van der Waals surface area contributed by atoms with Crippen LogP contribution in [-0.4, -0.2) is 39.1 Å². The number of rotatable bonds is 9. The highest BCUT2D eigenvalue weighted by atomic mass is 16.5. The Morgan fingerprint density at radius 2 is 1.54 bits per heavy atom. The lowest BCUT2D eigenvalue weighted by atomic mass is 10.1. The molecule has 0 aromatic heterocycles. The lowest BCUT2D eigenvalue weighted by Crippen LogP contribution is -2.28. The van der Waals surface area contributed by atoms with E-state index >= 15 is 0 Å². The Hall–Kier alpha value is -3.02. The zero-order chi connectivity index (χ0) is 20.5. The van der Waals surface area contributed by atoms with Crippen molar-refractivity contribution in [2.45, 2.75) is 20.3 Å². The number of hydrogen-bond donors (Lipinski definition) is 2. The maximum Gasteiger partial charge on any atom is 0.251 e. The first-order chi connectivity index (χ1) is 13.4. The summed E-state index contributed by atoms with van der Waals surface area (Å²) >= 11 is 0. The highest BCUT2D eigenvalue weighted by Crippen LogP contribution is 2.27. The molecule has 6 heteroatoms. The van der Waals surface area contributed by atoms with Gasteiger partial charge in [0, 0.05) is 24.2 Å². The van der Waals surface area contributed by atoms with Crippen LogP contribution in [0.25, 0.3) is 0 Å². The minimum absolute atomic E-state index is 0.173. The Morgan fingerprint density at radius 3 is 2.14 bits per heavy atom. The van der Waals surface area contributed by atoms with Gasteiger partial charge in [0.05, 0.1) is 14.2 Å². The van der Waals surface area contributed by atoms with Crippen LogP contribution in [0.3, 0.4) is 0 Å². The predicted molar refractivity (Wildman–Crippen MR) is 109 cm³/mol. The van der Waals surface area contributed by atoms with Crippen molar-refractivity contribution < 1.29 is 19.1 Å². The average Bonchev–Trinajstić information content (AvgIpc) is 2.71. The number of benzene rings is 2. The van der Waals surface area contributed by atoms with Gasteiger partial charge in [-0.3, -0.25) is 9.59 Å². The Kier molecular flexibility index (Phi) is 7.87. The largest absolute Gasteiger partial charge is 0.493 e. The molecule has 2 aromatic rings. The summed E-state index contributed by atoms with van der Waals surface area (Å²) in [4.78, 5) is 24.6. The molecule has 0 unspecified atom stereocenters. The fraction of sp³-hybridized carbons (Fsp3) is 0.364. The first kappa shape index (κ1) is 21.3. The molecule has 2 rings (SSSR count). The summed E-state index contributed by atoms with van der Waals surface area (Å²) < 4.78 is 10.5. The molecule has 0 fully saturated rings. The minimum atomic E-state index is -0.209. The van der Waals surface area contributed by atoms with Crippen molar-refractivity contribution in [3.05, 3.63) is 59.2 Å². The van der Waals surface area contributed by atoms with Crippen molar-refractivity contribution in [3.8, 4) is 11.5 Å². The number of carbonyl (C=O) groups is 2. The van der Waals surface area contributed by atoms with Gasteiger partial charge in [-0.1, -0.05) is 26.0 Å². The Bertz CT molecular complexity index is 818. The molecule has 0 aliphatic carbocycles. The third-order valence-electron chi connectivity index (χ3n) is 4.20. The predicted octanol–water partition coefficient (Wildman–Crippen LogP) is 3.06. The molecule has 0 saturated heterocycles. The van der Waals surface area contributed by atoms with Gasteiger partial charge in [0.2, 0.25) is 0 Å². The molecule has 0 saturated carbocycles. The molecular formula is C22H28N2O4. The lowest BCUT2D eigenvalue weighted by Gasteiger charge is -2.11. The molecule has 0 aliphatic heterocycles. The molecule has 150 valence electrons. The lowest BCUT2D eigenvalue weighted by molar-refractivity contribution is 0.0949. The summed E-state index contributed by atoms with van der Waals surface area (Å²) in [5.41, 5.74) is 1.97. The van der Waals surface area contributed by atoms with E-state index in [9.17, 15) is 9.59 Å². The summed E-state index contributed by atoms with van der Waals surface area (Å²) in [5, 5.41) is 5.74. The number of carbonyl (C=O) groups excluding carboxylic acids is 2. The summed E-state index contributed by atoms with van der Waals surface area (Å²) in [5.74, 6) is 1.31. The van der Waals surface area contributed by atoms with E-state index in [0.29, 0.717) is 48.1 Å². The van der Waals surface area contributed by atoms with Crippen molar-refractivity contribution >= 4 is 11.8 Å². The highest BCUT2D eigenvalue weighted by Gasteiger charge is 2.11. The fourth-order valence-corrected chi connectivity index (χ4v) is 2.66.